The Kier molecular flexibility index (Phi) is 8.46. The number of unbranched alkanes of at least 4 members (excludes halogenated alkanes) is 1. The van der Waals surface area contributed by atoms with Crippen molar-refractivity contribution in [1.82, 2.24) is 5.32 Å². The number of hydrogen-bond donors (Lipinski definition) is 4. The van der Waals surface area contributed by atoms with Crippen LogP contribution in [0, 0.1) is 0 Å². The van der Waals surface area contributed by atoms with Crippen LogP contribution >= 0.6 is 0 Å². The molecule has 1 amide bonds. The third-order valence-corrected chi connectivity index (χ3v) is 2.19. The van der Waals surface area contributed by atoms with Gasteiger partial charge in [-0.15, -0.1) is 0 Å². The summed E-state index contributed by atoms with van der Waals surface area (Å²) in [5, 5.41) is 11.3. The summed E-state index contributed by atoms with van der Waals surface area (Å²) < 4.78 is 0. The molecule has 0 aliphatic heterocycles. The van der Waals surface area contributed by atoms with Crippen LogP contribution in [0.25, 0.3) is 0 Å². The molecule has 0 aliphatic carbocycles. The van der Waals surface area contributed by atoms with Gasteiger partial charge in [-0.2, -0.15) is 0 Å². The summed E-state index contributed by atoms with van der Waals surface area (Å²) >= 11 is 0. The molecule has 0 spiro atoms. The van der Waals surface area contributed by atoms with Crippen molar-refractivity contribution in [3.63, 3.8) is 0 Å². The molecule has 0 rings (SSSR count). The fourth-order valence-electron chi connectivity index (χ4n) is 1.19. The average Bonchev–Trinajstić information content (AvgIpc) is 2.25. The van der Waals surface area contributed by atoms with Crippen LogP contribution in [0.2, 0.25) is 0 Å². The molecule has 1 atom stereocenters. The van der Waals surface area contributed by atoms with Gasteiger partial charge in [0.25, 0.3) is 0 Å². The second-order valence-electron chi connectivity index (χ2n) is 3.68. The van der Waals surface area contributed by atoms with E-state index in [9.17, 15) is 9.59 Å². The van der Waals surface area contributed by atoms with Gasteiger partial charge in [0, 0.05) is 13.0 Å². The molecule has 94 valence electrons. The number of carbonyl (C=O) groups excluding carboxylic acids is 1. The van der Waals surface area contributed by atoms with Gasteiger partial charge < -0.3 is 21.9 Å². The van der Waals surface area contributed by atoms with E-state index in [1.165, 1.54) is 0 Å². The third-order valence-electron chi connectivity index (χ3n) is 2.19. The van der Waals surface area contributed by atoms with E-state index in [1.807, 2.05) is 0 Å². The minimum Gasteiger partial charge on any atom is -0.480 e. The maximum atomic E-state index is 11.1. The van der Waals surface area contributed by atoms with Gasteiger partial charge in [-0.05, 0) is 32.2 Å². The number of amides is 1. The largest absolute Gasteiger partial charge is 0.480 e. The van der Waals surface area contributed by atoms with Crippen LogP contribution in [0.4, 0.5) is 0 Å². The van der Waals surface area contributed by atoms with Gasteiger partial charge in [-0.3, -0.25) is 9.59 Å². The van der Waals surface area contributed by atoms with E-state index in [0.717, 1.165) is 6.42 Å². The minimum absolute atomic E-state index is 0.00650. The number of hydrogen-bond acceptors (Lipinski definition) is 4. The van der Waals surface area contributed by atoms with Crippen LogP contribution < -0.4 is 16.8 Å². The molecule has 0 aliphatic rings. The van der Waals surface area contributed by atoms with Crippen molar-refractivity contribution in [2.45, 2.75) is 38.1 Å². The zero-order valence-corrected chi connectivity index (χ0v) is 9.45. The maximum absolute atomic E-state index is 11.1. The topological polar surface area (TPSA) is 118 Å². The van der Waals surface area contributed by atoms with E-state index < -0.39 is 12.0 Å². The Morgan fingerprint density at radius 3 is 2.50 bits per heavy atom. The monoisotopic (exact) mass is 231 g/mol. The number of carboxylic acids is 1. The summed E-state index contributed by atoms with van der Waals surface area (Å²) in [7, 11) is 0. The first-order chi connectivity index (χ1) is 7.57. The van der Waals surface area contributed by atoms with E-state index in [1.54, 1.807) is 0 Å². The Balaban J connectivity index is 3.33. The molecule has 6 heteroatoms. The predicted molar refractivity (Wildman–Crippen MR) is 60.8 cm³/mol. The summed E-state index contributed by atoms with van der Waals surface area (Å²) in [4.78, 5) is 21.5. The minimum atomic E-state index is -0.980. The van der Waals surface area contributed by atoms with Gasteiger partial charge in [0.2, 0.25) is 5.91 Å². The molecule has 0 saturated carbocycles. The molecular formula is C10H21N3O3. The summed E-state index contributed by atoms with van der Waals surface area (Å²) in [5.41, 5.74) is 10.6. The quantitative estimate of drug-likeness (QED) is 0.396. The van der Waals surface area contributed by atoms with Gasteiger partial charge in [-0.1, -0.05) is 0 Å². The molecule has 0 radical (unpaired) electrons. The molecule has 0 fully saturated rings. The van der Waals surface area contributed by atoms with E-state index in [-0.39, 0.29) is 5.91 Å². The second kappa shape index (κ2) is 9.11. The molecule has 6 N–H and O–H groups in total. The Hall–Kier alpha value is -1.14. The predicted octanol–water partition coefficient (Wildman–Crippen LogP) is -0.576. The van der Waals surface area contributed by atoms with E-state index in [0.29, 0.717) is 38.8 Å². The van der Waals surface area contributed by atoms with Crippen molar-refractivity contribution >= 4 is 11.9 Å². The highest BCUT2D eigenvalue weighted by molar-refractivity contribution is 5.75. The van der Waals surface area contributed by atoms with Crippen LogP contribution in [-0.4, -0.2) is 36.1 Å². The lowest BCUT2D eigenvalue weighted by atomic mass is 10.1. The van der Waals surface area contributed by atoms with Crippen LogP contribution in [0.3, 0.4) is 0 Å². The normalized spacial score (nSPS) is 12.1. The molecule has 0 heterocycles. The highest BCUT2D eigenvalue weighted by Crippen LogP contribution is 1.98. The van der Waals surface area contributed by atoms with Gasteiger partial charge >= 0.3 is 5.97 Å². The van der Waals surface area contributed by atoms with E-state index in [2.05, 4.69) is 5.32 Å². The number of aliphatic carboxylic acids is 1. The molecular weight excluding hydrogens is 210 g/mol. The fraction of sp³-hybridized carbons (Fsp3) is 0.800. The molecule has 0 bridgehead atoms. The fourth-order valence-corrected chi connectivity index (χ4v) is 1.19. The van der Waals surface area contributed by atoms with Gasteiger partial charge in [-0.25, -0.2) is 0 Å². The molecule has 6 nitrogen and oxygen atoms in total. The van der Waals surface area contributed by atoms with Crippen LogP contribution in [0.15, 0.2) is 0 Å². The summed E-state index contributed by atoms with van der Waals surface area (Å²) in [6.45, 7) is 1.08. The highest BCUT2D eigenvalue weighted by atomic mass is 16.4. The lowest BCUT2D eigenvalue weighted by Gasteiger charge is -2.07. The van der Waals surface area contributed by atoms with Crippen molar-refractivity contribution in [3.8, 4) is 0 Å². The van der Waals surface area contributed by atoms with Crippen molar-refractivity contribution in [2.75, 3.05) is 13.1 Å². The Labute approximate surface area is 95.4 Å². The molecule has 0 aromatic heterocycles. The number of rotatable bonds is 9. The molecule has 0 aromatic rings. The maximum Gasteiger partial charge on any atom is 0.320 e. The number of carbonyl (C=O) groups is 2. The van der Waals surface area contributed by atoms with Crippen molar-refractivity contribution in [2.24, 2.45) is 11.5 Å². The van der Waals surface area contributed by atoms with Crippen LogP contribution in [0.1, 0.15) is 32.1 Å². The summed E-state index contributed by atoms with van der Waals surface area (Å²) in [5.74, 6) is -0.986. The standard InChI is InChI=1S/C10H21N3O3/c11-6-3-5-9(14)13-7-2-1-4-8(12)10(15)16/h8H,1-7,11-12H2,(H,13,14)(H,15,16). The SMILES string of the molecule is NCCCC(=O)NCCCCC(N)C(=O)O. The number of nitrogens with one attached hydrogen (secondary N) is 1. The van der Waals surface area contributed by atoms with Crippen molar-refractivity contribution in [3.05, 3.63) is 0 Å². The first-order valence-corrected chi connectivity index (χ1v) is 5.53. The lowest BCUT2D eigenvalue weighted by Crippen LogP contribution is -2.30. The second-order valence-corrected chi connectivity index (χ2v) is 3.68. The zero-order valence-electron chi connectivity index (χ0n) is 9.45. The highest BCUT2D eigenvalue weighted by Gasteiger charge is 2.09. The molecule has 16 heavy (non-hydrogen) atoms. The van der Waals surface area contributed by atoms with E-state index in [4.69, 9.17) is 16.6 Å². The van der Waals surface area contributed by atoms with Gasteiger partial charge in [0.05, 0.1) is 0 Å². The van der Waals surface area contributed by atoms with Gasteiger partial charge in [0.1, 0.15) is 6.04 Å². The lowest BCUT2D eigenvalue weighted by molar-refractivity contribution is -0.138. The molecule has 0 saturated heterocycles. The van der Waals surface area contributed by atoms with Gasteiger partial charge in [0.15, 0.2) is 0 Å². The van der Waals surface area contributed by atoms with Crippen molar-refractivity contribution in [1.29, 1.82) is 0 Å². The van der Waals surface area contributed by atoms with E-state index >= 15 is 0 Å². The summed E-state index contributed by atoms with van der Waals surface area (Å²) in [6.07, 6.45) is 3.02. The Morgan fingerprint density at radius 2 is 1.94 bits per heavy atom. The first-order valence-electron chi connectivity index (χ1n) is 5.53. The smallest absolute Gasteiger partial charge is 0.320 e. The Bertz CT molecular complexity index is 221. The third kappa shape index (κ3) is 8.19. The van der Waals surface area contributed by atoms with Crippen LogP contribution in [0.5, 0.6) is 0 Å². The first kappa shape index (κ1) is 14.9. The molecule has 0 aromatic carbocycles. The Morgan fingerprint density at radius 1 is 1.25 bits per heavy atom. The summed E-state index contributed by atoms with van der Waals surface area (Å²) in [6, 6.07) is -0.798. The number of carboxylic acid groups (broad SMARTS) is 1. The average molecular weight is 231 g/mol. The van der Waals surface area contributed by atoms with Crippen LogP contribution in [-0.2, 0) is 9.59 Å². The van der Waals surface area contributed by atoms with Crippen molar-refractivity contribution < 1.29 is 14.7 Å². The zero-order chi connectivity index (χ0) is 12.4. The number of nitrogens with two attached hydrogens (primary N) is 2. The molecule has 1 unspecified atom stereocenters.